The normalized spacial score (nSPS) is 35.0. The third-order valence-electron chi connectivity index (χ3n) is 9.85. The molecule has 0 bridgehead atoms. The number of hydrogen-bond acceptors (Lipinski definition) is 3. The second-order valence-corrected chi connectivity index (χ2v) is 11.6. The summed E-state index contributed by atoms with van der Waals surface area (Å²) >= 11 is 0. The minimum Gasteiger partial charge on any atom is -0.389 e. The molecule has 4 aliphatic rings. The number of ketones is 1. The third-order valence-corrected chi connectivity index (χ3v) is 9.85. The monoisotopic (exact) mass is 524 g/mol. The van der Waals surface area contributed by atoms with E-state index in [2.05, 4.69) is 0 Å². The summed E-state index contributed by atoms with van der Waals surface area (Å²) in [5, 5.41) is 21.4. The van der Waals surface area contributed by atoms with Crippen molar-refractivity contribution in [1.29, 1.82) is 0 Å². The SMILES string of the molecule is CC(O)c1ccc([C@H]2C[C@@]3(C)C(CC[C@@]3(O)C(F)(F)C(F)(F)CF)C3CCC4=CC(=O)CCC4=C32)cc1. The van der Waals surface area contributed by atoms with Gasteiger partial charge in [0, 0.05) is 17.8 Å². The molecule has 8 heteroatoms. The molecule has 0 amide bonds. The van der Waals surface area contributed by atoms with Gasteiger partial charge >= 0.3 is 11.8 Å². The second-order valence-electron chi connectivity index (χ2n) is 11.6. The van der Waals surface area contributed by atoms with E-state index < -0.39 is 53.9 Å². The summed E-state index contributed by atoms with van der Waals surface area (Å²) < 4.78 is 72.6. The number of benzene rings is 1. The number of aliphatic hydroxyl groups is 2. The van der Waals surface area contributed by atoms with Crippen molar-refractivity contribution in [2.24, 2.45) is 17.3 Å². The number of rotatable bonds is 5. The average molecular weight is 525 g/mol. The zero-order chi connectivity index (χ0) is 27.0. The lowest BCUT2D eigenvalue weighted by molar-refractivity contribution is -0.323. The van der Waals surface area contributed by atoms with E-state index in [4.69, 9.17) is 0 Å². The standard InChI is InChI=1S/C29H33F5O3/c1-16(35)17-3-5-18(6-4-17)23-14-26(2)24(11-12-27(26,37)29(33,34)28(31,32)15-30)22-9-7-19-13-20(36)8-10-21(19)25(22)23/h3-6,13,16,22-24,35,37H,7-12,14-15H2,1-2H3/t16?,22?,23-,24?,26+,27+/m1/s1. The third kappa shape index (κ3) is 3.68. The molecule has 1 aromatic carbocycles. The lowest BCUT2D eigenvalue weighted by atomic mass is 9.50. The van der Waals surface area contributed by atoms with Gasteiger partial charge in [-0.25, -0.2) is 4.39 Å². The Morgan fingerprint density at radius 2 is 1.76 bits per heavy atom. The lowest BCUT2D eigenvalue weighted by Gasteiger charge is -2.56. The number of allylic oxidation sites excluding steroid dienone is 4. The highest BCUT2D eigenvalue weighted by Crippen LogP contribution is 2.70. The maximum absolute atomic E-state index is 15.4. The van der Waals surface area contributed by atoms with Crippen LogP contribution < -0.4 is 0 Å². The Hall–Kier alpha value is -2.06. The van der Waals surface area contributed by atoms with Crippen molar-refractivity contribution >= 4 is 5.78 Å². The van der Waals surface area contributed by atoms with Crippen LogP contribution in [0.4, 0.5) is 22.0 Å². The number of hydrogen-bond donors (Lipinski definition) is 2. The highest BCUT2D eigenvalue weighted by molar-refractivity contribution is 5.93. The number of aliphatic hydroxyl groups excluding tert-OH is 1. The molecule has 6 atom stereocenters. The first-order chi connectivity index (χ1) is 17.3. The van der Waals surface area contributed by atoms with Gasteiger partial charge in [-0.05, 0) is 85.6 Å². The molecule has 0 heterocycles. The van der Waals surface area contributed by atoms with Gasteiger partial charge in [-0.3, -0.25) is 4.79 Å². The van der Waals surface area contributed by atoms with E-state index in [0.29, 0.717) is 31.2 Å². The Kier molecular flexibility index (Phi) is 6.26. The first kappa shape index (κ1) is 26.5. The summed E-state index contributed by atoms with van der Waals surface area (Å²) in [5.74, 6) is -11.0. The van der Waals surface area contributed by atoms with Crippen LogP contribution in [0.2, 0.25) is 0 Å². The van der Waals surface area contributed by atoms with Crippen LogP contribution in [0.5, 0.6) is 0 Å². The number of carbonyl (C=O) groups is 1. The highest BCUT2D eigenvalue weighted by Gasteiger charge is 2.78. The molecule has 37 heavy (non-hydrogen) atoms. The van der Waals surface area contributed by atoms with Gasteiger partial charge in [0.15, 0.2) is 12.5 Å². The predicted octanol–water partition coefficient (Wildman–Crippen LogP) is 6.61. The van der Waals surface area contributed by atoms with Gasteiger partial charge in [0.2, 0.25) is 0 Å². The van der Waals surface area contributed by atoms with Gasteiger partial charge < -0.3 is 10.2 Å². The minimum atomic E-state index is -4.99. The molecular formula is C29H33F5O3. The molecule has 0 spiro atoms. The van der Waals surface area contributed by atoms with Crippen LogP contribution in [0.1, 0.15) is 81.9 Å². The fourth-order valence-electron chi connectivity index (χ4n) is 7.87. The smallest absolute Gasteiger partial charge is 0.341 e. The van der Waals surface area contributed by atoms with Crippen LogP contribution in [0, 0.1) is 17.3 Å². The number of halogens is 5. The molecule has 0 aromatic heterocycles. The maximum Gasteiger partial charge on any atom is 0.341 e. The van der Waals surface area contributed by atoms with Crippen molar-refractivity contribution in [1.82, 2.24) is 0 Å². The second kappa shape index (κ2) is 8.73. The summed E-state index contributed by atoms with van der Waals surface area (Å²) in [6.45, 7) is 0.556. The van der Waals surface area contributed by atoms with Gasteiger partial charge in [-0.2, -0.15) is 17.6 Å². The van der Waals surface area contributed by atoms with E-state index in [0.717, 1.165) is 22.3 Å². The molecule has 1 aromatic rings. The van der Waals surface area contributed by atoms with Crippen molar-refractivity contribution in [3.05, 3.63) is 58.2 Å². The van der Waals surface area contributed by atoms with Gasteiger partial charge in [-0.15, -0.1) is 0 Å². The van der Waals surface area contributed by atoms with Crippen molar-refractivity contribution in [3.63, 3.8) is 0 Å². The fourth-order valence-corrected chi connectivity index (χ4v) is 7.87. The van der Waals surface area contributed by atoms with E-state index in [9.17, 15) is 28.2 Å². The van der Waals surface area contributed by atoms with E-state index in [-0.39, 0.29) is 24.5 Å². The van der Waals surface area contributed by atoms with Crippen molar-refractivity contribution in [2.45, 2.75) is 88.3 Å². The van der Waals surface area contributed by atoms with Gasteiger partial charge in [0.25, 0.3) is 0 Å². The molecule has 4 aliphatic carbocycles. The van der Waals surface area contributed by atoms with Crippen LogP contribution in [0.25, 0.3) is 0 Å². The summed E-state index contributed by atoms with van der Waals surface area (Å²) in [5.41, 5.74) is -0.141. The summed E-state index contributed by atoms with van der Waals surface area (Å²) in [6, 6.07) is 7.14. The molecule has 2 saturated carbocycles. The Bertz CT molecular complexity index is 1150. The largest absolute Gasteiger partial charge is 0.389 e. The van der Waals surface area contributed by atoms with E-state index >= 15 is 8.78 Å². The Morgan fingerprint density at radius 1 is 1.08 bits per heavy atom. The first-order valence-corrected chi connectivity index (χ1v) is 13.1. The Balaban J connectivity index is 1.67. The molecule has 202 valence electrons. The first-order valence-electron chi connectivity index (χ1n) is 13.1. The minimum absolute atomic E-state index is 0.00327. The molecule has 2 N–H and O–H groups in total. The Morgan fingerprint density at radius 3 is 2.38 bits per heavy atom. The molecule has 3 nitrogen and oxygen atoms in total. The molecular weight excluding hydrogens is 491 g/mol. The average Bonchev–Trinajstić information content (AvgIpc) is 3.14. The lowest BCUT2D eigenvalue weighted by Crippen LogP contribution is -2.66. The van der Waals surface area contributed by atoms with Crippen molar-refractivity contribution in [3.8, 4) is 0 Å². The number of alkyl halides is 5. The fraction of sp³-hybridized carbons (Fsp3) is 0.621. The van der Waals surface area contributed by atoms with E-state index in [1.54, 1.807) is 25.1 Å². The van der Waals surface area contributed by atoms with Crippen molar-refractivity contribution in [2.75, 3.05) is 6.67 Å². The van der Waals surface area contributed by atoms with Gasteiger partial charge in [0.05, 0.1) is 6.10 Å². The van der Waals surface area contributed by atoms with Crippen molar-refractivity contribution < 1.29 is 37.0 Å². The highest BCUT2D eigenvalue weighted by atomic mass is 19.3. The zero-order valence-electron chi connectivity index (χ0n) is 21.0. The summed E-state index contributed by atoms with van der Waals surface area (Å²) in [7, 11) is 0. The van der Waals surface area contributed by atoms with Gasteiger partial charge in [-0.1, -0.05) is 36.8 Å². The number of carbonyl (C=O) groups excluding carboxylic acids is 1. The maximum atomic E-state index is 15.4. The van der Waals surface area contributed by atoms with Crippen LogP contribution in [-0.2, 0) is 4.79 Å². The van der Waals surface area contributed by atoms with Gasteiger partial charge in [0.1, 0.15) is 5.60 Å². The topological polar surface area (TPSA) is 57.5 Å². The number of fused-ring (bicyclic) bond motifs is 4. The summed E-state index contributed by atoms with van der Waals surface area (Å²) in [4.78, 5) is 12.1. The Labute approximate surface area is 213 Å². The quantitative estimate of drug-likeness (QED) is 0.426. The van der Waals surface area contributed by atoms with Crippen LogP contribution in [0.3, 0.4) is 0 Å². The molecule has 5 rings (SSSR count). The molecule has 0 saturated heterocycles. The van der Waals surface area contributed by atoms with Crippen LogP contribution in [0.15, 0.2) is 47.1 Å². The molecule has 2 fully saturated rings. The molecule has 3 unspecified atom stereocenters. The molecule has 0 aliphatic heterocycles. The molecule has 0 radical (unpaired) electrons. The predicted molar refractivity (Wildman–Crippen MR) is 128 cm³/mol. The van der Waals surface area contributed by atoms with Crippen LogP contribution in [-0.4, -0.2) is 40.1 Å². The van der Waals surface area contributed by atoms with E-state index in [1.165, 1.54) is 6.92 Å². The van der Waals surface area contributed by atoms with E-state index in [1.807, 2.05) is 12.1 Å². The van der Waals surface area contributed by atoms with Crippen LogP contribution >= 0.6 is 0 Å². The zero-order valence-corrected chi connectivity index (χ0v) is 21.0. The summed E-state index contributed by atoms with van der Waals surface area (Å²) in [6.07, 6.45) is 2.63.